The summed E-state index contributed by atoms with van der Waals surface area (Å²) in [5.74, 6) is -0.240. The van der Waals surface area contributed by atoms with Crippen LogP contribution in [0.15, 0.2) is 60.0 Å². The first-order valence-electron chi connectivity index (χ1n) is 8.67. The van der Waals surface area contributed by atoms with Gasteiger partial charge in [0.25, 0.3) is 5.91 Å². The van der Waals surface area contributed by atoms with Crippen molar-refractivity contribution in [3.8, 4) is 0 Å². The van der Waals surface area contributed by atoms with Gasteiger partial charge in [0.05, 0.1) is 10.6 Å². The van der Waals surface area contributed by atoms with Gasteiger partial charge in [-0.2, -0.15) is 0 Å². The molecule has 4 rings (SSSR count). The largest absolute Gasteiger partial charge is 0.321 e. The molecule has 0 spiro atoms. The first-order chi connectivity index (χ1) is 13.5. The maximum Gasteiger partial charge on any atom is 0.265 e. The van der Waals surface area contributed by atoms with Crippen LogP contribution < -0.4 is 10.2 Å². The maximum absolute atomic E-state index is 14.0. The molecular weight excluding hydrogens is 395 g/mol. The second-order valence-electron chi connectivity index (χ2n) is 6.42. The second kappa shape index (κ2) is 7.77. The summed E-state index contributed by atoms with van der Waals surface area (Å²) in [5, 5.41) is 4.47. The molecule has 2 heterocycles. The molecule has 2 aromatic carbocycles. The van der Waals surface area contributed by atoms with E-state index in [1.54, 1.807) is 30.0 Å². The average Bonchev–Trinajstić information content (AvgIpc) is 3.34. The van der Waals surface area contributed by atoms with Crippen molar-refractivity contribution in [1.82, 2.24) is 0 Å². The van der Waals surface area contributed by atoms with Crippen LogP contribution in [0.25, 0.3) is 0 Å². The molecule has 28 heavy (non-hydrogen) atoms. The van der Waals surface area contributed by atoms with Crippen molar-refractivity contribution in [2.24, 2.45) is 0 Å². The number of anilines is 2. The van der Waals surface area contributed by atoms with E-state index >= 15 is 0 Å². The summed E-state index contributed by atoms with van der Waals surface area (Å²) in [7, 11) is 0. The number of hydrogen-bond donors (Lipinski definition) is 1. The lowest BCUT2D eigenvalue weighted by Gasteiger charge is -2.25. The van der Waals surface area contributed by atoms with Crippen LogP contribution in [0, 0.1) is 12.7 Å². The fourth-order valence-electron chi connectivity index (χ4n) is 3.05. The minimum atomic E-state index is -0.335. The molecule has 1 aliphatic heterocycles. The molecule has 142 valence electrons. The molecule has 3 aromatic rings. The van der Waals surface area contributed by atoms with Crippen LogP contribution >= 0.6 is 23.1 Å². The minimum Gasteiger partial charge on any atom is -0.321 e. The number of hydrogen-bond acceptors (Lipinski definition) is 4. The van der Waals surface area contributed by atoms with E-state index in [0.717, 1.165) is 5.56 Å². The highest BCUT2D eigenvalue weighted by Gasteiger charge is 2.34. The van der Waals surface area contributed by atoms with Crippen molar-refractivity contribution in [2.45, 2.75) is 12.3 Å². The van der Waals surface area contributed by atoms with Gasteiger partial charge in [-0.15, -0.1) is 23.1 Å². The fourth-order valence-corrected chi connectivity index (χ4v) is 4.84. The summed E-state index contributed by atoms with van der Waals surface area (Å²) in [5.41, 5.74) is 2.61. The molecular formula is C21H17FN2O2S2. The number of carbonyl (C=O) groups excluding carboxylic acids is 2. The van der Waals surface area contributed by atoms with Crippen LogP contribution in [0.5, 0.6) is 0 Å². The number of carbonyl (C=O) groups is 2. The van der Waals surface area contributed by atoms with Crippen LogP contribution in [0.3, 0.4) is 0 Å². The van der Waals surface area contributed by atoms with E-state index in [1.165, 1.54) is 29.2 Å². The predicted octanol–water partition coefficient (Wildman–Crippen LogP) is 5.23. The highest BCUT2D eigenvalue weighted by molar-refractivity contribution is 8.00. The van der Waals surface area contributed by atoms with E-state index in [-0.39, 0.29) is 23.0 Å². The summed E-state index contributed by atoms with van der Waals surface area (Å²) in [6.45, 7) is 1.69. The van der Waals surface area contributed by atoms with Crippen molar-refractivity contribution in [2.75, 3.05) is 16.0 Å². The van der Waals surface area contributed by atoms with Crippen molar-refractivity contribution in [3.63, 3.8) is 0 Å². The van der Waals surface area contributed by atoms with Crippen LogP contribution in [0.2, 0.25) is 0 Å². The van der Waals surface area contributed by atoms with Crippen molar-refractivity contribution >= 4 is 46.3 Å². The lowest BCUT2D eigenvalue weighted by molar-refractivity contribution is -0.115. The van der Waals surface area contributed by atoms with E-state index < -0.39 is 0 Å². The Balaban J connectivity index is 1.61. The molecule has 0 saturated carbocycles. The number of halogens is 1. The smallest absolute Gasteiger partial charge is 0.265 e. The van der Waals surface area contributed by atoms with Crippen LogP contribution in [0.4, 0.5) is 15.8 Å². The van der Waals surface area contributed by atoms with Gasteiger partial charge in [-0.05, 0) is 53.8 Å². The Labute approximate surface area is 170 Å². The SMILES string of the molecule is Cc1ccc(N2C(=O)CSC2c2cccc(NC(=O)c3cccs3)c2)cc1F. The van der Waals surface area contributed by atoms with Gasteiger partial charge in [-0.3, -0.25) is 14.5 Å². The summed E-state index contributed by atoms with van der Waals surface area (Å²) < 4.78 is 14.0. The van der Waals surface area contributed by atoms with Crippen molar-refractivity contribution in [1.29, 1.82) is 0 Å². The van der Waals surface area contributed by atoms with Gasteiger partial charge >= 0.3 is 0 Å². The van der Waals surface area contributed by atoms with E-state index in [9.17, 15) is 14.0 Å². The van der Waals surface area contributed by atoms with Gasteiger partial charge in [0.1, 0.15) is 11.2 Å². The molecule has 7 heteroatoms. The Hall–Kier alpha value is -2.64. The maximum atomic E-state index is 14.0. The van der Waals surface area contributed by atoms with Gasteiger partial charge in [-0.1, -0.05) is 24.3 Å². The molecule has 0 aliphatic carbocycles. The Morgan fingerprint density at radius 2 is 2.04 bits per heavy atom. The molecule has 4 nitrogen and oxygen atoms in total. The standard InChI is InChI=1S/C21H17FN2O2S2/c1-13-7-8-16(11-17(13)22)24-19(25)12-28-21(24)14-4-2-5-15(10-14)23-20(26)18-6-3-9-27-18/h2-11,21H,12H2,1H3,(H,23,26). The predicted molar refractivity (Wildman–Crippen MR) is 113 cm³/mol. The first kappa shape index (κ1) is 18.7. The lowest BCUT2D eigenvalue weighted by atomic mass is 10.1. The molecule has 2 amide bonds. The third-order valence-corrected chi connectivity index (χ3v) is 6.56. The summed E-state index contributed by atoms with van der Waals surface area (Å²) in [4.78, 5) is 27.0. The number of amides is 2. The summed E-state index contributed by atoms with van der Waals surface area (Å²) in [6.07, 6.45) is 0. The Bertz CT molecular complexity index is 1040. The van der Waals surface area contributed by atoms with Crippen LogP contribution in [-0.2, 0) is 4.79 Å². The summed E-state index contributed by atoms with van der Waals surface area (Å²) >= 11 is 2.86. The number of rotatable bonds is 4. The third kappa shape index (κ3) is 3.68. The Morgan fingerprint density at radius 1 is 1.18 bits per heavy atom. The highest BCUT2D eigenvalue weighted by Crippen LogP contribution is 2.42. The number of thiophene rings is 1. The second-order valence-corrected chi connectivity index (χ2v) is 8.43. The van der Waals surface area contributed by atoms with Gasteiger partial charge in [0.2, 0.25) is 5.91 Å². The molecule has 1 unspecified atom stereocenters. The van der Waals surface area contributed by atoms with Gasteiger partial charge in [0.15, 0.2) is 0 Å². The highest BCUT2D eigenvalue weighted by atomic mass is 32.2. The van der Waals surface area contributed by atoms with Gasteiger partial charge < -0.3 is 5.32 Å². The van der Waals surface area contributed by atoms with Gasteiger partial charge in [-0.25, -0.2) is 4.39 Å². The number of benzene rings is 2. The third-order valence-electron chi connectivity index (χ3n) is 4.48. The number of thioether (sulfide) groups is 1. The molecule has 1 fully saturated rings. The quantitative estimate of drug-likeness (QED) is 0.639. The van der Waals surface area contributed by atoms with Crippen molar-refractivity contribution < 1.29 is 14.0 Å². The number of aryl methyl sites for hydroxylation is 1. The first-order valence-corrected chi connectivity index (χ1v) is 10.6. The normalized spacial score (nSPS) is 16.4. The number of nitrogens with one attached hydrogen (secondary N) is 1. The van der Waals surface area contributed by atoms with Gasteiger partial charge in [0, 0.05) is 11.4 Å². The zero-order chi connectivity index (χ0) is 19.7. The number of nitrogens with zero attached hydrogens (tertiary/aromatic N) is 1. The van der Waals surface area contributed by atoms with E-state index in [0.29, 0.717) is 27.6 Å². The molecule has 0 bridgehead atoms. The minimum absolute atomic E-state index is 0.0636. The van der Waals surface area contributed by atoms with Crippen molar-refractivity contribution in [3.05, 3.63) is 81.8 Å². The topological polar surface area (TPSA) is 49.4 Å². The molecule has 1 aromatic heterocycles. The molecule has 1 atom stereocenters. The van der Waals surface area contributed by atoms with E-state index in [1.807, 2.05) is 35.7 Å². The fraction of sp³-hybridized carbons (Fsp3) is 0.143. The lowest BCUT2D eigenvalue weighted by Crippen LogP contribution is -2.28. The van der Waals surface area contributed by atoms with Crippen LogP contribution in [-0.4, -0.2) is 17.6 Å². The van der Waals surface area contributed by atoms with Crippen LogP contribution in [0.1, 0.15) is 26.2 Å². The molecule has 1 saturated heterocycles. The molecule has 0 radical (unpaired) electrons. The Morgan fingerprint density at radius 3 is 2.79 bits per heavy atom. The molecule has 1 N–H and O–H groups in total. The van der Waals surface area contributed by atoms with E-state index in [2.05, 4.69) is 5.32 Å². The zero-order valence-electron chi connectivity index (χ0n) is 15.0. The Kier molecular flexibility index (Phi) is 5.19. The average molecular weight is 413 g/mol. The zero-order valence-corrected chi connectivity index (χ0v) is 16.6. The van der Waals surface area contributed by atoms with E-state index in [4.69, 9.17) is 0 Å². The monoisotopic (exact) mass is 412 g/mol. The summed E-state index contributed by atoms with van der Waals surface area (Å²) in [6, 6.07) is 15.9. The molecule has 1 aliphatic rings.